The number of carbonyl (C=O) groups is 1. The maximum Gasteiger partial charge on any atom is 0.243 e. The summed E-state index contributed by atoms with van der Waals surface area (Å²) < 4.78 is 43.0. The van der Waals surface area contributed by atoms with Crippen LogP contribution in [0, 0.1) is 5.82 Å². The maximum absolute atomic E-state index is 14.7. The van der Waals surface area contributed by atoms with Crippen LogP contribution in [0.5, 0.6) is 0 Å². The Labute approximate surface area is 232 Å². The summed E-state index contributed by atoms with van der Waals surface area (Å²) in [7, 11) is -4.22. The molecule has 196 valence electrons. The SMILES string of the molecule is O=C(CN(Cc1c(F)cccc1Cl)S(=O)(=O)c1ccc(Cl)cc1)N(Cc1ccccc1)Cc1ccccc1. The van der Waals surface area contributed by atoms with E-state index in [1.807, 2.05) is 60.7 Å². The monoisotopic (exact) mass is 570 g/mol. The predicted octanol–water partition coefficient (Wildman–Crippen LogP) is 6.55. The molecule has 0 aliphatic rings. The molecule has 0 radical (unpaired) electrons. The highest BCUT2D eigenvalue weighted by molar-refractivity contribution is 7.89. The van der Waals surface area contributed by atoms with Crippen molar-refractivity contribution in [3.63, 3.8) is 0 Å². The average Bonchev–Trinajstić information content (AvgIpc) is 2.91. The molecule has 0 aromatic heterocycles. The van der Waals surface area contributed by atoms with Gasteiger partial charge in [-0.2, -0.15) is 4.31 Å². The Hall–Kier alpha value is -3.23. The molecule has 0 heterocycles. The molecule has 1 amide bonds. The standard InChI is InChI=1S/C29H25Cl2FN2O3S/c30-24-14-16-25(17-15-24)38(36,37)34(20-26-27(31)12-7-13-28(26)32)21-29(35)33(18-22-8-3-1-4-9-22)19-23-10-5-2-6-11-23/h1-17H,18-21H2. The van der Waals surface area contributed by atoms with E-state index in [-0.39, 0.29) is 28.6 Å². The van der Waals surface area contributed by atoms with Gasteiger partial charge in [0, 0.05) is 35.2 Å². The average molecular weight is 572 g/mol. The lowest BCUT2D eigenvalue weighted by Gasteiger charge is -2.28. The fraction of sp³-hybridized carbons (Fsp3) is 0.138. The first-order valence-corrected chi connectivity index (χ1v) is 14.0. The molecule has 0 bridgehead atoms. The first kappa shape index (κ1) is 27.8. The van der Waals surface area contributed by atoms with Crippen molar-refractivity contribution in [3.05, 3.63) is 136 Å². The van der Waals surface area contributed by atoms with E-state index >= 15 is 0 Å². The lowest BCUT2D eigenvalue weighted by Crippen LogP contribution is -2.42. The predicted molar refractivity (Wildman–Crippen MR) is 148 cm³/mol. The number of sulfonamides is 1. The number of rotatable bonds is 10. The zero-order chi connectivity index (χ0) is 27.1. The van der Waals surface area contributed by atoms with Crippen LogP contribution in [-0.4, -0.2) is 30.1 Å². The van der Waals surface area contributed by atoms with Crippen LogP contribution >= 0.6 is 23.2 Å². The second kappa shape index (κ2) is 12.5. The minimum atomic E-state index is -4.22. The van der Waals surface area contributed by atoms with Crippen LogP contribution in [0.15, 0.2) is 108 Å². The maximum atomic E-state index is 14.7. The molecule has 0 fully saturated rings. The Morgan fingerprint density at radius 2 is 1.26 bits per heavy atom. The highest BCUT2D eigenvalue weighted by Gasteiger charge is 2.30. The summed E-state index contributed by atoms with van der Waals surface area (Å²) in [6.45, 7) is -0.407. The van der Waals surface area contributed by atoms with E-state index in [4.69, 9.17) is 23.2 Å². The largest absolute Gasteiger partial charge is 0.333 e. The fourth-order valence-electron chi connectivity index (χ4n) is 3.93. The first-order valence-electron chi connectivity index (χ1n) is 11.8. The van der Waals surface area contributed by atoms with E-state index in [2.05, 4.69) is 0 Å². The van der Waals surface area contributed by atoms with Crippen molar-refractivity contribution in [2.24, 2.45) is 0 Å². The second-order valence-electron chi connectivity index (χ2n) is 8.65. The summed E-state index contributed by atoms with van der Waals surface area (Å²) in [6, 6.07) is 28.5. The van der Waals surface area contributed by atoms with Crippen molar-refractivity contribution in [1.29, 1.82) is 0 Å². The molecule has 0 aliphatic carbocycles. The van der Waals surface area contributed by atoms with Crippen molar-refractivity contribution in [2.75, 3.05) is 6.54 Å². The number of carbonyl (C=O) groups excluding carboxylic acids is 1. The van der Waals surface area contributed by atoms with Crippen LogP contribution in [0.4, 0.5) is 4.39 Å². The van der Waals surface area contributed by atoms with Gasteiger partial charge < -0.3 is 4.90 Å². The first-order chi connectivity index (χ1) is 18.2. The van der Waals surface area contributed by atoms with Crippen molar-refractivity contribution < 1.29 is 17.6 Å². The van der Waals surface area contributed by atoms with Gasteiger partial charge in [-0.3, -0.25) is 4.79 Å². The fourth-order valence-corrected chi connectivity index (χ4v) is 5.64. The molecule has 5 nitrogen and oxygen atoms in total. The highest BCUT2D eigenvalue weighted by atomic mass is 35.5. The number of nitrogens with zero attached hydrogens (tertiary/aromatic N) is 2. The van der Waals surface area contributed by atoms with Crippen molar-refractivity contribution in [3.8, 4) is 0 Å². The Bertz CT molecular complexity index is 1420. The summed E-state index contributed by atoms with van der Waals surface area (Å²) in [5.41, 5.74) is 1.76. The zero-order valence-corrected chi connectivity index (χ0v) is 22.6. The molecule has 9 heteroatoms. The van der Waals surface area contributed by atoms with Crippen molar-refractivity contribution in [2.45, 2.75) is 24.5 Å². The zero-order valence-electron chi connectivity index (χ0n) is 20.3. The summed E-state index contributed by atoms with van der Waals surface area (Å²) in [6.07, 6.45) is 0. The van der Waals surface area contributed by atoms with Crippen LogP contribution in [0.2, 0.25) is 10.0 Å². The normalized spacial score (nSPS) is 11.5. The van der Waals surface area contributed by atoms with Gasteiger partial charge in [-0.25, -0.2) is 12.8 Å². The van der Waals surface area contributed by atoms with Crippen LogP contribution in [0.1, 0.15) is 16.7 Å². The van der Waals surface area contributed by atoms with Gasteiger partial charge in [0.05, 0.1) is 11.4 Å². The molecular weight excluding hydrogens is 546 g/mol. The second-order valence-corrected chi connectivity index (χ2v) is 11.4. The third-order valence-electron chi connectivity index (χ3n) is 5.94. The lowest BCUT2D eigenvalue weighted by molar-refractivity contribution is -0.132. The van der Waals surface area contributed by atoms with E-state index < -0.39 is 34.8 Å². The smallest absolute Gasteiger partial charge is 0.243 e. The summed E-state index contributed by atoms with van der Waals surface area (Å²) in [4.78, 5) is 15.2. The molecule has 0 saturated heterocycles. The van der Waals surface area contributed by atoms with Crippen LogP contribution in [0.3, 0.4) is 0 Å². The Balaban J connectivity index is 1.69. The van der Waals surface area contributed by atoms with Gasteiger partial charge in [0.2, 0.25) is 15.9 Å². The van der Waals surface area contributed by atoms with E-state index in [1.54, 1.807) is 4.90 Å². The third-order valence-corrected chi connectivity index (χ3v) is 8.36. The van der Waals surface area contributed by atoms with Crippen LogP contribution in [-0.2, 0) is 34.5 Å². The van der Waals surface area contributed by atoms with Gasteiger partial charge in [0.15, 0.2) is 0 Å². The molecular formula is C29H25Cl2FN2O3S. The van der Waals surface area contributed by atoms with E-state index in [0.29, 0.717) is 5.02 Å². The molecule has 0 aliphatic heterocycles. The minimum absolute atomic E-state index is 0.0165. The molecule has 0 atom stereocenters. The minimum Gasteiger partial charge on any atom is -0.333 e. The van der Waals surface area contributed by atoms with Gasteiger partial charge in [0.25, 0.3) is 0 Å². The number of amides is 1. The van der Waals surface area contributed by atoms with Crippen molar-refractivity contribution >= 4 is 39.1 Å². The van der Waals surface area contributed by atoms with Gasteiger partial charge in [-0.05, 0) is 47.5 Å². The summed E-state index contributed by atoms with van der Waals surface area (Å²) in [5, 5.41) is 0.430. The molecule has 0 N–H and O–H groups in total. The molecule has 4 aromatic rings. The van der Waals surface area contributed by atoms with E-state index in [1.165, 1.54) is 42.5 Å². The summed E-state index contributed by atoms with van der Waals surface area (Å²) >= 11 is 12.2. The highest BCUT2D eigenvalue weighted by Crippen LogP contribution is 2.26. The van der Waals surface area contributed by atoms with E-state index in [9.17, 15) is 17.6 Å². The number of halogens is 3. The summed E-state index contributed by atoms with van der Waals surface area (Å²) in [5.74, 6) is -1.10. The Kier molecular flexibility index (Phi) is 9.17. The molecule has 4 rings (SSSR count). The van der Waals surface area contributed by atoms with Gasteiger partial charge >= 0.3 is 0 Å². The molecule has 4 aromatic carbocycles. The Morgan fingerprint density at radius 3 is 1.79 bits per heavy atom. The van der Waals surface area contributed by atoms with Gasteiger partial charge in [0.1, 0.15) is 5.82 Å². The van der Waals surface area contributed by atoms with Crippen molar-refractivity contribution in [1.82, 2.24) is 9.21 Å². The van der Waals surface area contributed by atoms with E-state index in [0.717, 1.165) is 15.4 Å². The van der Waals surface area contributed by atoms with Gasteiger partial charge in [-0.1, -0.05) is 89.9 Å². The molecule has 0 unspecified atom stereocenters. The number of hydrogen-bond donors (Lipinski definition) is 0. The number of hydrogen-bond acceptors (Lipinski definition) is 3. The number of benzene rings is 4. The topological polar surface area (TPSA) is 57.7 Å². The lowest BCUT2D eigenvalue weighted by atomic mass is 10.1. The van der Waals surface area contributed by atoms with Crippen LogP contribution < -0.4 is 0 Å². The third kappa shape index (κ3) is 6.99. The molecule has 0 saturated carbocycles. The Morgan fingerprint density at radius 1 is 0.711 bits per heavy atom. The van der Waals surface area contributed by atoms with Gasteiger partial charge in [-0.15, -0.1) is 0 Å². The quantitative estimate of drug-likeness (QED) is 0.217. The molecule has 38 heavy (non-hydrogen) atoms. The van der Waals surface area contributed by atoms with Crippen LogP contribution in [0.25, 0.3) is 0 Å². The molecule has 0 spiro atoms.